The highest BCUT2D eigenvalue weighted by atomic mass is 15.2. The van der Waals surface area contributed by atoms with E-state index < -0.39 is 0 Å². The fourth-order valence-electron chi connectivity index (χ4n) is 3.36. The second-order valence-electron chi connectivity index (χ2n) is 6.48. The quantitative estimate of drug-likeness (QED) is 0.802. The average Bonchev–Trinajstić information content (AvgIpc) is 3.26. The van der Waals surface area contributed by atoms with Crippen LogP contribution in [-0.2, 0) is 13.6 Å². The highest BCUT2D eigenvalue weighted by Crippen LogP contribution is 2.26. The van der Waals surface area contributed by atoms with Gasteiger partial charge in [0.2, 0.25) is 0 Å². The molecule has 3 aromatic rings. The Morgan fingerprint density at radius 3 is 2.92 bits per heavy atom. The van der Waals surface area contributed by atoms with Crippen LogP contribution >= 0.6 is 0 Å². The Morgan fingerprint density at radius 1 is 1.25 bits per heavy atom. The van der Waals surface area contributed by atoms with Crippen molar-refractivity contribution in [2.75, 3.05) is 13.1 Å². The van der Waals surface area contributed by atoms with Crippen LogP contribution in [0.4, 0.5) is 0 Å². The number of nitrogens with zero attached hydrogens (tertiary/aromatic N) is 5. The predicted octanol–water partition coefficient (Wildman–Crippen LogP) is 2.58. The molecule has 6 heteroatoms. The number of aryl methyl sites for hydroxylation is 1. The van der Waals surface area contributed by atoms with Gasteiger partial charge in [0.15, 0.2) is 5.82 Å². The average molecular weight is 322 g/mol. The maximum Gasteiger partial charge on any atom is 0.181 e. The van der Waals surface area contributed by atoms with Gasteiger partial charge in [-0.3, -0.25) is 10.00 Å². The Bertz CT molecular complexity index is 791. The van der Waals surface area contributed by atoms with Gasteiger partial charge in [0, 0.05) is 37.8 Å². The number of benzene rings is 1. The molecule has 24 heavy (non-hydrogen) atoms. The number of imidazole rings is 1. The molecule has 1 aliphatic heterocycles. The molecule has 0 bridgehead atoms. The number of aromatic nitrogens is 5. The molecule has 0 amide bonds. The number of likely N-dealkylation sites (tertiary alicyclic amines) is 1. The lowest BCUT2D eigenvalue weighted by Gasteiger charge is -2.31. The number of rotatable bonds is 4. The molecule has 3 heterocycles. The molecule has 6 nitrogen and oxygen atoms in total. The van der Waals surface area contributed by atoms with E-state index in [-0.39, 0.29) is 0 Å². The number of hydrogen-bond donors (Lipinski definition) is 1. The van der Waals surface area contributed by atoms with Crippen LogP contribution < -0.4 is 0 Å². The molecule has 2 aromatic heterocycles. The number of nitrogens with one attached hydrogen (secondary N) is 1. The largest absolute Gasteiger partial charge is 0.337 e. The summed E-state index contributed by atoms with van der Waals surface area (Å²) >= 11 is 0. The van der Waals surface area contributed by atoms with Crippen molar-refractivity contribution in [1.29, 1.82) is 0 Å². The van der Waals surface area contributed by atoms with E-state index in [2.05, 4.69) is 24.6 Å². The van der Waals surface area contributed by atoms with E-state index >= 15 is 0 Å². The first-order valence-electron chi connectivity index (χ1n) is 8.45. The van der Waals surface area contributed by atoms with Crippen molar-refractivity contribution in [3.63, 3.8) is 0 Å². The Kier molecular flexibility index (Phi) is 4.13. The third-order valence-corrected chi connectivity index (χ3v) is 4.73. The van der Waals surface area contributed by atoms with Crippen LogP contribution in [0.1, 0.15) is 30.3 Å². The highest BCUT2D eigenvalue weighted by Gasteiger charge is 2.24. The van der Waals surface area contributed by atoms with Gasteiger partial charge in [0.05, 0.1) is 12.0 Å². The van der Waals surface area contributed by atoms with Gasteiger partial charge in [-0.2, -0.15) is 5.10 Å². The smallest absolute Gasteiger partial charge is 0.181 e. The van der Waals surface area contributed by atoms with Crippen LogP contribution in [0.3, 0.4) is 0 Å². The van der Waals surface area contributed by atoms with E-state index in [1.54, 1.807) is 0 Å². The lowest BCUT2D eigenvalue weighted by molar-refractivity contribution is 0.193. The molecular formula is C18H22N6. The van der Waals surface area contributed by atoms with Crippen molar-refractivity contribution >= 4 is 0 Å². The molecule has 1 aliphatic rings. The molecule has 0 aliphatic carbocycles. The Balaban J connectivity index is 1.46. The molecule has 1 N–H and O–H groups in total. The van der Waals surface area contributed by atoms with Gasteiger partial charge < -0.3 is 4.57 Å². The first-order chi connectivity index (χ1) is 11.8. The molecule has 124 valence electrons. The van der Waals surface area contributed by atoms with Crippen molar-refractivity contribution in [3.8, 4) is 11.4 Å². The van der Waals surface area contributed by atoms with Crippen LogP contribution in [-0.4, -0.2) is 42.7 Å². The van der Waals surface area contributed by atoms with Gasteiger partial charge in [-0.15, -0.1) is 0 Å². The third-order valence-electron chi connectivity index (χ3n) is 4.73. The summed E-state index contributed by atoms with van der Waals surface area (Å²) in [5.74, 6) is 2.20. The summed E-state index contributed by atoms with van der Waals surface area (Å²) < 4.78 is 2.09. The van der Waals surface area contributed by atoms with Crippen molar-refractivity contribution in [2.45, 2.75) is 25.3 Å². The number of piperidine rings is 1. The molecule has 1 saturated heterocycles. The topological polar surface area (TPSA) is 62.6 Å². The molecule has 0 spiro atoms. The highest BCUT2D eigenvalue weighted by molar-refractivity contribution is 5.53. The summed E-state index contributed by atoms with van der Waals surface area (Å²) in [5.41, 5.74) is 2.31. The van der Waals surface area contributed by atoms with Gasteiger partial charge in [-0.05, 0) is 19.4 Å². The van der Waals surface area contributed by atoms with E-state index in [1.165, 1.54) is 12.1 Å². The number of H-pyrrole nitrogens is 1. The minimum atomic E-state index is 0.414. The van der Waals surface area contributed by atoms with Crippen LogP contribution in [0, 0.1) is 0 Å². The Hall–Kier alpha value is -2.47. The maximum absolute atomic E-state index is 4.74. The summed E-state index contributed by atoms with van der Waals surface area (Å²) in [5, 5.41) is 7.57. The van der Waals surface area contributed by atoms with E-state index in [9.17, 15) is 0 Å². The molecular weight excluding hydrogens is 300 g/mol. The van der Waals surface area contributed by atoms with E-state index in [1.807, 2.05) is 49.9 Å². The number of hydrogen-bond acceptors (Lipinski definition) is 4. The fourth-order valence-corrected chi connectivity index (χ4v) is 3.36. The van der Waals surface area contributed by atoms with Crippen molar-refractivity contribution in [1.82, 2.24) is 29.6 Å². The summed E-state index contributed by atoms with van der Waals surface area (Å²) in [6.45, 7) is 3.07. The van der Waals surface area contributed by atoms with Gasteiger partial charge in [-0.1, -0.05) is 30.3 Å². The first-order valence-corrected chi connectivity index (χ1v) is 8.45. The summed E-state index contributed by atoms with van der Waals surface area (Å²) in [7, 11) is 2.05. The van der Waals surface area contributed by atoms with Crippen LogP contribution in [0.25, 0.3) is 11.4 Å². The normalized spacial score (nSPS) is 18.8. The fraction of sp³-hybridized carbons (Fsp3) is 0.389. The molecule has 4 rings (SSSR count). The monoisotopic (exact) mass is 322 g/mol. The minimum absolute atomic E-state index is 0.414. The zero-order valence-corrected chi connectivity index (χ0v) is 13.9. The van der Waals surface area contributed by atoms with Crippen LogP contribution in [0.15, 0.2) is 42.9 Å². The van der Waals surface area contributed by atoms with Crippen molar-refractivity contribution < 1.29 is 0 Å². The summed E-state index contributed by atoms with van der Waals surface area (Å²) in [4.78, 5) is 11.4. The minimum Gasteiger partial charge on any atom is -0.337 e. The summed E-state index contributed by atoms with van der Waals surface area (Å²) in [6.07, 6.45) is 6.15. The predicted molar refractivity (Wildman–Crippen MR) is 92.3 cm³/mol. The molecule has 1 fully saturated rings. The second-order valence-corrected chi connectivity index (χ2v) is 6.48. The van der Waals surface area contributed by atoms with Gasteiger partial charge >= 0.3 is 0 Å². The Labute approximate surface area is 141 Å². The first kappa shape index (κ1) is 15.1. The maximum atomic E-state index is 4.74. The van der Waals surface area contributed by atoms with Gasteiger partial charge in [0.1, 0.15) is 5.82 Å². The molecule has 0 radical (unpaired) electrons. The van der Waals surface area contributed by atoms with Crippen LogP contribution in [0.5, 0.6) is 0 Å². The van der Waals surface area contributed by atoms with E-state index in [4.69, 9.17) is 4.98 Å². The van der Waals surface area contributed by atoms with Crippen molar-refractivity contribution in [3.05, 3.63) is 54.4 Å². The zero-order valence-electron chi connectivity index (χ0n) is 13.9. The summed E-state index contributed by atoms with van der Waals surface area (Å²) in [6, 6.07) is 10.1. The molecule has 1 aromatic carbocycles. The van der Waals surface area contributed by atoms with Crippen molar-refractivity contribution in [2.24, 2.45) is 7.05 Å². The van der Waals surface area contributed by atoms with E-state index in [0.717, 1.165) is 43.3 Å². The zero-order chi connectivity index (χ0) is 16.4. The molecule has 0 saturated carbocycles. The molecule has 1 unspecified atom stereocenters. The standard InChI is InChI=1S/C18H22N6/c1-23-13-19-10-16(23)12-24-9-5-8-15(11-24)18-20-17(21-22-18)14-6-3-2-4-7-14/h2-4,6-7,10,13,15H,5,8-9,11-12H2,1H3,(H,20,21,22). The van der Waals surface area contributed by atoms with Crippen LogP contribution in [0.2, 0.25) is 0 Å². The lowest BCUT2D eigenvalue weighted by atomic mass is 9.97. The van der Waals surface area contributed by atoms with Gasteiger partial charge in [-0.25, -0.2) is 9.97 Å². The second kappa shape index (κ2) is 6.57. The van der Waals surface area contributed by atoms with Gasteiger partial charge in [0.25, 0.3) is 0 Å². The van der Waals surface area contributed by atoms with E-state index in [0.29, 0.717) is 5.92 Å². The number of aromatic amines is 1. The SMILES string of the molecule is Cn1cncc1CN1CCCC(c2nc(-c3ccccc3)n[nH]2)C1. The third kappa shape index (κ3) is 3.10. The molecule has 1 atom stereocenters. The lowest BCUT2D eigenvalue weighted by Crippen LogP contribution is -2.34. The Morgan fingerprint density at radius 2 is 2.12 bits per heavy atom.